The zero-order valence-corrected chi connectivity index (χ0v) is 18.6. The Bertz CT molecular complexity index is 1240. The van der Waals surface area contributed by atoms with E-state index in [9.17, 15) is 13.2 Å². The molecule has 33 heavy (non-hydrogen) atoms. The van der Waals surface area contributed by atoms with Crippen LogP contribution in [0.5, 0.6) is 0 Å². The molecule has 4 rings (SSSR count). The lowest BCUT2D eigenvalue weighted by atomic mass is 10.00. The fourth-order valence-electron chi connectivity index (χ4n) is 3.69. The van der Waals surface area contributed by atoms with Crippen LogP contribution in [0.3, 0.4) is 0 Å². The van der Waals surface area contributed by atoms with Crippen molar-refractivity contribution in [2.75, 3.05) is 0 Å². The molecule has 1 heterocycles. The van der Waals surface area contributed by atoms with Gasteiger partial charge in [-0.15, -0.1) is 12.4 Å². The maximum atomic E-state index is 12.8. The zero-order valence-electron chi connectivity index (χ0n) is 17.8. The zero-order chi connectivity index (χ0) is 22.7. The molecular weight excluding hydrogens is 447 g/mol. The van der Waals surface area contributed by atoms with E-state index in [2.05, 4.69) is 22.5 Å². The van der Waals surface area contributed by atoms with Gasteiger partial charge in [0.25, 0.3) is 0 Å². The lowest BCUT2D eigenvalue weighted by Gasteiger charge is -2.18. The van der Waals surface area contributed by atoms with Gasteiger partial charge in [0.1, 0.15) is 0 Å². The molecule has 168 valence electrons. The average Bonchev–Trinajstić information content (AvgIpc) is 3.27. The summed E-state index contributed by atoms with van der Waals surface area (Å²) in [6.45, 7) is 2.08. The molecule has 3 aromatic carbocycles. The number of nitriles is 1. The fourth-order valence-corrected chi connectivity index (χ4v) is 3.69. The summed E-state index contributed by atoms with van der Waals surface area (Å²) in [5.74, 6) is 0. The molecule has 0 aliphatic rings. The number of imidazole rings is 1. The SMILES string of the molecule is CC(c1ccc(-c2ccc(C(F)(F)F)cc2)cc1)n1cncc1Cc1ccc(C#N)cc1.Cl. The summed E-state index contributed by atoms with van der Waals surface area (Å²) in [6.07, 6.45) is -0.00350. The van der Waals surface area contributed by atoms with Gasteiger partial charge in [-0.05, 0) is 53.4 Å². The third kappa shape index (κ3) is 5.44. The van der Waals surface area contributed by atoms with Gasteiger partial charge in [-0.2, -0.15) is 18.4 Å². The third-order valence-corrected chi connectivity index (χ3v) is 5.57. The van der Waals surface area contributed by atoms with Crippen molar-refractivity contribution in [2.24, 2.45) is 0 Å². The Morgan fingerprint density at radius 3 is 2.03 bits per heavy atom. The van der Waals surface area contributed by atoms with Crippen LogP contribution in [0.4, 0.5) is 13.2 Å². The first kappa shape index (κ1) is 24.1. The molecule has 0 aliphatic carbocycles. The van der Waals surface area contributed by atoms with Gasteiger partial charge in [-0.25, -0.2) is 4.98 Å². The predicted molar refractivity (Wildman–Crippen MR) is 124 cm³/mol. The smallest absolute Gasteiger partial charge is 0.327 e. The van der Waals surface area contributed by atoms with Crippen LogP contribution in [-0.4, -0.2) is 9.55 Å². The van der Waals surface area contributed by atoms with Crippen LogP contribution in [0.1, 0.15) is 40.9 Å². The summed E-state index contributed by atoms with van der Waals surface area (Å²) in [5.41, 5.74) is 4.79. The van der Waals surface area contributed by atoms with Crippen molar-refractivity contribution in [1.82, 2.24) is 9.55 Å². The first-order valence-electron chi connectivity index (χ1n) is 10.1. The highest BCUT2D eigenvalue weighted by atomic mass is 35.5. The van der Waals surface area contributed by atoms with Crippen molar-refractivity contribution < 1.29 is 13.2 Å². The molecule has 0 amide bonds. The first-order chi connectivity index (χ1) is 15.3. The summed E-state index contributed by atoms with van der Waals surface area (Å²) < 4.78 is 40.4. The van der Waals surface area contributed by atoms with Crippen LogP contribution in [0.25, 0.3) is 11.1 Å². The Hall–Kier alpha value is -3.56. The molecule has 0 spiro atoms. The summed E-state index contributed by atoms with van der Waals surface area (Å²) in [4.78, 5) is 4.31. The Balaban J connectivity index is 0.00000306. The molecule has 1 aromatic heterocycles. The monoisotopic (exact) mass is 467 g/mol. The van der Waals surface area contributed by atoms with E-state index >= 15 is 0 Å². The number of hydrogen-bond donors (Lipinski definition) is 0. The Morgan fingerprint density at radius 2 is 1.48 bits per heavy atom. The molecule has 0 radical (unpaired) electrons. The van der Waals surface area contributed by atoms with E-state index in [4.69, 9.17) is 5.26 Å². The average molecular weight is 468 g/mol. The van der Waals surface area contributed by atoms with Crippen molar-refractivity contribution >= 4 is 12.4 Å². The standard InChI is InChI=1S/C26H20F3N3.ClH/c1-18(32-17-31-16-25(32)14-19-2-4-20(15-30)5-3-19)21-6-8-22(9-7-21)23-10-12-24(13-11-23)26(27,28)29;/h2-13,16-18H,14H2,1H3;1H. The molecule has 4 aromatic rings. The molecule has 0 N–H and O–H groups in total. The molecule has 3 nitrogen and oxygen atoms in total. The van der Waals surface area contributed by atoms with Gasteiger partial charge in [0.15, 0.2) is 0 Å². The number of benzene rings is 3. The quantitative estimate of drug-likeness (QED) is 0.315. The number of rotatable bonds is 5. The number of hydrogen-bond acceptors (Lipinski definition) is 2. The van der Waals surface area contributed by atoms with Crippen LogP contribution >= 0.6 is 12.4 Å². The lowest BCUT2D eigenvalue weighted by molar-refractivity contribution is -0.137. The number of aromatic nitrogens is 2. The van der Waals surface area contributed by atoms with E-state index in [0.29, 0.717) is 12.0 Å². The minimum Gasteiger partial charge on any atom is -0.327 e. The fraction of sp³-hybridized carbons (Fsp3) is 0.154. The Kier molecular flexibility index (Phi) is 7.25. The van der Waals surface area contributed by atoms with Crippen molar-refractivity contribution in [1.29, 1.82) is 5.26 Å². The maximum Gasteiger partial charge on any atom is 0.416 e. The number of halogens is 4. The summed E-state index contributed by atoms with van der Waals surface area (Å²) in [6, 6.07) is 22.7. The molecular formula is C26H21ClF3N3. The van der Waals surface area contributed by atoms with E-state index in [1.54, 1.807) is 18.5 Å². The van der Waals surface area contributed by atoms with Crippen molar-refractivity contribution in [3.63, 3.8) is 0 Å². The largest absolute Gasteiger partial charge is 0.416 e. The summed E-state index contributed by atoms with van der Waals surface area (Å²) in [7, 11) is 0. The molecule has 0 aliphatic heterocycles. The highest BCUT2D eigenvalue weighted by molar-refractivity contribution is 5.85. The van der Waals surface area contributed by atoms with Gasteiger partial charge in [0, 0.05) is 18.3 Å². The van der Waals surface area contributed by atoms with Gasteiger partial charge in [0.05, 0.1) is 29.6 Å². The van der Waals surface area contributed by atoms with Gasteiger partial charge < -0.3 is 4.57 Å². The maximum absolute atomic E-state index is 12.8. The molecule has 0 fully saturated rings. The molecule has 1 unspecified atom stereocenters. The van der Waals surface area contributed by atoms with Crippen molar-refractivity contribution in [3.8, 4) is 17.2 Å². The van der Waals surface area contributed by atoms with Crippen LogP contribution in [0.15, 0.2) is 85.3 Å². The predicted octanol–water partition coefficient (Wildman–Crippen LogP) is 7.06. The van der Waals surface area contributed by atoms with E-state index in [-0.39, 0.29) is 18.4 Å². The first-order valence-corrected chi connectivity index (χ1v) is 10.1. The van der Waals surface area contributed by atoms with Crippen LogP contribution < -0.4 is 0 Å². The molecule has 1 atom stereocenters. The number of nitrogens with zero attached hydrogens (tertiary/aromatic N) is 3. The molecule has 0 bridgehead atoms. The second-order valence-electron chi connectivity index (χ2n) is 7.65. The molecule has 0 saturated carbocycles. The Morgan fingerprint density at radius 1 is 0.909 bits per heavy atom. The van der Waals surface area contributed by atoms with Gasteiger partial charge in [0.2, 0.25) is 0 Å². The Labute approximate surface area is 196 Å². The second kappa shape index (κ2) is 9.93. The van der Waals surface area contributed by atoms with Gasteiger partial charge in [-0.1, -0.05) is 48.5 Å². The van der Waals surface area contributed by atoms with Crippen LogP contribution in [0.2, 0.25) is 0 Å². The lowest BCUT2D eigenvalue weighted by Crippen LogP contribution is -2.09. The number of alkyl halides is 3. The highest BCUT2D eigenvalue weighted by Gasteiger charge is 2.29. The van der Waals surface area contributed by atoms with E-state index < -0.39 is 11.7 Å². The van der Waals surface area contributed by atoms with Crippen molar-refractivity contribution in [3.05, 3.63) is 113 Å². The highest BCUT2D eigenvalue weighted by Crippen LogP contribution is 2.31. The van der Waals surface area contributed by atoms with E-state index in [1.165, 1.54) is 12.1 Å². The molecule has 7 heteroatoms. The second-order valence-corrected chi connectivity index (χ2v) is 7.65. The van der Waals surface area contributed by atoms with Gasteiger partial charge in [-0.3, -0.25) is 0 Å². The third-order valence-electron chi connectivity index (χ3n) is 5.57. The van der Waals surface area contributed by atoms with E-state index in [1.807, 2.05) is 42.6 Å². The minimum atomic E-state index is -4.34. The minimum absolute atomic E-state index is 0. The summed E-state index contributed by atoms with van der Waals surface area (Å²) >= 11 is 0. The normalized spacial score (nSPS) is 12.0. The van der Waals surface area contributed by atoms with Crippen LogP contribution in [0, 0.1) is 11.3 Å². The molecule has 0 saturated heterocycles. The van der Waals surface area contributed by atoms with Crippen LogP contribution in [-0.2, 0) is 12.6 Å². The van der Waals surface area contributed by atoms with Gasteiger partial charge >= 0.3 is 6.18 Å². The topological polar surface area (TPSA) is 41.6 Å². The van der Waals surface area contributed by atoms with Crippen molar-refractivity contribution in [2.45, 2.75) is 25.6 Å². The summed E-state index contributed by atoms with van der Waals surface area (Å²) in [5, 5.41) is 8.96. The van der Waals surface area contributed by atoms with E-state index in [0.717, 1.165) is 40.1 Å².